The molecule has 0 heterocycles. The van der Waals surface area contributed by atoms with Crippen molar-refractivity contribution in [3.05, 3.63) is 29.3 Å². The molecular weight excluding hydrogens is 298 g/mol. The lowest BCUT2D eigenvalue weighted by atomic mass is 10.0. The van der Waals surface area contributed by atoms with Crippen LogP contribution in [0.3, 0.4) is 0 Å². The summed E-state index contributed by atoms with van der Waals surface area (Å²) >= 11 is 0. The third kappa shape index (κ3) is 4.87. The van der Waals surface area contributed by atoms with E-state index in [4.69, 9.17) is 15.6 Å². The van der Waals surface area contributed by atoms with Crippen LogP contribution in [0.1, 0.15) is 26.3 Å². The monoisotopic (exact) mass is 316 g/mol. The number of primary amides is 1. The van der Waals surface area contributed by atoms with Gasteiger partial charge in [0.2, 0.25) is 11.7 Å². The Kier molecular flexibility index (Phi) is 5.29. The summed E-state index contributed by atoms with van der Waals surface area (Å²) in [7, 11) is 0. The van der Waals surface area contributed by atoms with E-state index in [2.05, 4.69) is 5.32 Å². The predicted octanol–water partition coefficient (Wildman–Crippen LogP) is 1.59. The average molecular weight is 316 g/mol. The topological polar surface area (TPSA) is 102 Å². The van der Waals surface area contributed by atoms with Crippen molar-refractivity contribution in [2.45, 2.75) is 38.8 Å². The fraction of sp³-hybridized carbons (Fsp3) is 0.429. The van der Waals surface area contributed by atoms with Crippen LogP contribution in [0.4, 0.5) is 13.6 Å². The summed E-state index contributed by atoms with van der Waals surface area (Å²) in [5.41, 5.74) is 4.14. The molecule has 2 amide bonds. The van der Waals surface area contributed by atoms with E-state index in [1.807, 2.05) is 0 Å². The quantitative estimate of drug-likeness (QED) is 0.785. The molecule has 122 valence electrons. The Morgan fingerprint density at radius 2 is 1.91 bits per heavy atom. The number of hydrogen-bond donors (Lipinski definition) is 3. The number of aromatic hydroxyl groups is 1. The number of benzene rings is 1. The molecule has 0 aliphatic heterocycles. The van der Waals surface area contributed by atoms with E-state index >= 15 is 0 Å². The number of phenolic OH excluding ortho intramolecular Hbond substituents is 1. The normalized spacial score (nSPS) is 12.6. The zero-order chi connectivity index (χ0) is 17.1. The van der Waals surface area contributed by atoms with Gasteiger partial charge < -0.3 is 20.9 Å². The minimum atomic E-state index is -1.43. The van der Waals surface area contributed by atoms with Gasteiger partial charge in [0.25, 0.3) is 0 Å². The number of carbonyl (C=O) groups excluding carboxylic acids is 2. The van der Waals surface area contributed by atoms with Gasteiger partial charge in [-0.25, -0.2) is 9.18 Å². The summed E-state index contributed by atoms with van der Waals surface area (Å²) in [6.45, 7) is 4.88. The first kappa shape index (κ1) is 17.7. The van der Waals surface area contributed by atoms with Gasteiger partial charge in [0.05, 0.1) is 0 Å². The maximum atomic E-state index is 13.7. The molecule has 0 saturated heterocycles. The molecule has 8 heteroatoms. The van der Waals surface area contributed by atoms with Crippen LogP contribution in [0.25, 0.3) is 0 Å². The Balaban J connectivity index is 2.88. The lowest BCUT2D eigenvalue weighted by Gasteiger charge is -2.22. The molecule has 4 N–H and O–H groups in total. The van der Waals surface area contributed by atoms with Gasteiger partial charge in [-0.2, -0.15) is 4.39 Å². The Morgan fingerprint density at radius 3 is 2.41 bits per heavy atom. The number of carbonyl (C=O) groups is 2. The molecule has 1 rings (SSSR count). The van der Waals surface area contributed by atoms with Crippen molar-refractivity contribution in [2.24, 2.45) is 5.73 Å². The summed E-state index contributed by atoms with van der Waals surface area (Å²) < 4.78 is 31.9. The van der Waals surface area contributed by atoms with Gasteiger partial charge in [-0.1, -0.05) is 6.07 Å². The molecule has 0 radical (unpaired) electrons. The SMILES string of the molecule is CC(C)(C)OC(=O)N[C@@H](Cc1ccc(O)c(F)c1F)C(N)=O. The first-order valence-electron chi connectivity index (χ1n) is 6.46. The molecule has 0 spiro atoms. The van der Waals surface area contributed by atoms with Crippen LogP contribution in [-0.2, 0) is 16.0 Å². The summed E-state index contributed by atoms with van der Waals surface area (Å²) in [6.07, 6.45) is -1.28. The Hall–Kier alpha value is -2.38. The zero-order valence-electron chi connectivity index (χ0n) is 12.4. The van der Waals surface area contributed by atoms with Crippen molar-refractivity contribution in [2.75, 3.05) is 0 Å². The molecule has 1 aromatic carbocycles. The van der Waals surface area contributed by atoms with Gasteiger partial charge in [0.15, 0.2) is 11.6 Å². The van der Waals surface area contributed by atoms with Gasteiger partial charge in [-0.05, 0) is 32.4 Å². The van der Waals surface area contributed by atoms with Gasteiger partial charge >= 0.3 is 6.09 Å². The highest BCUT2D eigenvalue weighted by atomic mass is 19.2. The number of halogens is 2. The van der Waals surface area contributed by atoms with Crippen LogP contribution in [0.5, 0.6) is 5.75 Å². The second kappa shape index (κ2) is 6.59. The number of ether oxygens (including phenoxy) is 1. The number of hydrogen-bond acceptors (Lipinski definition) is 4. The highest BCUT2D eigenvalue weighted by molar-refractivity contribution is 5.84. The second-order valence-electron chi connectivity index (χ2n) is 5.68. The molecular formula is C14H18F2N2O4. The van der Waals surface area contributed by atoms with Crippen molar-refractivity contribution in [3.63, 3.8) is 0 Å². The predicted molar refractivity (Wildman–Crippen MR) is 74.1 cm³/mol. The van der Waals surface area contributed by atoms with E-state index in [0.717, 1.165) is 12.1 Å². The second-order valence-corrected chi connectivity index (χ2v) is 5.68. The van der Waals surface area contributed by atoms with Crippen LogP contribution in [0.15, 0.2) is 12.1 Å². The lowest BCUT2D eigenvalue weighted by molar-refractivity contribution is -0.120. The molecule has 1 aromatic rings. The minimum Gasteiger partial charge on any atom is -0.505 e. The van der Waals surface area contributed by atoms with Gasteiger partial charge in [0.1, 0.15) is 11.6 Å². The minimum absolute atomic E-state index is 0.213. The summed E-state index contributed by atoms with van der Waals surface area (Å²) in [4.78, 5) is 23.0. The van der Waals surface area contributed by atoms with E-state index < -0.39 is 41.0 Å². The van der Waals surface area contributed by atoms with Crippen molar-refractivity contribution in [1.82, 2.24) is 5.32 Å². The number of rotatable bonds is 4. The lowest BCUT2D eigenvalue weighted by Crippen LogP contribution is -2.47. The van der Waals surface area contributed by atoms with Crippen LogP contribution < -0.4 is 11.1 Å². The number of alkyl carbamates (subject to hydrolysis) is 1. The van der Waals surface area contributed by atoms with E-state index in [1.165, 1.54) is 0 Å². The van der Waals surface area contributed by atoms with Gasteiger partial charge in [-0.3, -0.25) is 4.79 Å². The Morgan fingerprint density at radius 1 is 1.32 bits per heavy atom. The van der Waals surface area contributed by atoms with Crippen molar-refractivity contribution in [3.8, 4) is 5.75 Å². The summed E-state index contributed by atoms with van der Waals surface area (Å²) in [5, 5.41) is 11.2. The number of nitrogens with one attached hydrogen (secondary N) is 1. The maximum Gasteiger partial charge on any atom is 0.408 e. The number of phenols is 1. The molecule has 0 aliphatic rings. The number of nitrogens with two attached hydrogens (primary N) is 1. The van der Waals surface area contributed by atoms with Crippen LogP contribution in [-0.4, -0.2) is 28.7 Å². The molecule has 0 bridgehead atoms. The Labute approximate surface area is 126 Å². The van der Waals surface area contributed by atoms with Crippen molar-refractivity contribution < 1.29 is 28.2 Å². The van der Waals surface area contributed by atoms with E-state index in [-0.39, 0.29) is 12.0 Å². The third-order valence-electron chi connectivity index (χ3n) is 2.60. The Bertz CT molecular complexity index is 585. The van der Waals surface area contributed by atoms with Gasteiger partial charge in [0, 0.05) is 6.42 Å². The molecule has 0 unspecified atom stereocenters. The molecule has 0 fully saturated rings. The third-order valence-corrected chi connectivity index (χ3v) is 2.60. The van der Waals surface area contributed by atoms with Crippen LogP contribution in [0, 0.1) is 11.6 Å². The standard InChI is InChI=1S/C14H18F2N2O4/c1-14(2,3)22-13(21)18-8(12(17)20)6-7-4-5-9(19)11(16)10(7)15/h4-5,8,19H,6H2,1-3H3,(H2,17,20)(H,18,21)/t8-/m0/s1. The zero-order valence-corrected chi connectivity index (χ0v) is 12.4. The molecule has 6 nitrogen and oxygen atoms in total. The van der Waals surface area contributed by atoms with Gasteiger partial charge in [-0.15, -0.1) is 0 Å². The first-order chi connectivity index (χ1) is 10.0. The van der Waals surface area contributed by atoms with Crippen LogP contribution in [0.2, 0.25) is 0 Å². The molecule has 1 atom stereocenters. The summed E-state index contributed by atoms with van der Waals surface area (Å²) in [6, 6.07) is 0.757. The van der Waals surface area contributed by atoms with E-state index in [1.54, 1.807) is 20.8 Å². The molecule has 22 heavy (non-hydrogen) atoms. The largest absolute Gasteiger partial charge is 0.505 e. The fourth-order valence-electron chi connectivity index (χ4n) is 1.63. The fourth-order valence-corrected chi connectivity index (χ4v) is 1.63. The number of amides is 2. The smallest absolute Gasteiger partial charge is 0.408 e. The highest BCUT2D eigenvalue weighted by Crippen LogP contribution is 2.22. The maximum absolute atomic E-state index is 13.7. The van der Waals surface area contributed by atoms with Crippen molar-refractivity contribution in [1.29, 1.82) is 0 Å². The van der Waals surface area contributed by atoms with E-state index in [9.17, 15) is 18.4 Å². The highest BCUT2D eigenvalue weighted by Gasteiger charge is 2.25. The molecule has 0 aromatic heterocycles. The average Bonchev–Trinajstić information content (AvgIpc) is 2.36. The van der Waals surface area contributed by atoms with Crippen molar-refractivity contribution >= 4 is 12.0 Å². The van der Waals surface area contributed by atoms with Crippen LogP contribution >= 0.6 is 0 Å². The molecule has 0 aliphatic carbocycles. The molecule has 0 saturated carbocycles. The van der Waals surface area contributed by atoms with E-state index in [0.29, 0.717) is 0 Å². The summed E-state index contributed by atoms with van der Waals surface area (Å²) in [5.74, 6) is -4.52. The first-order valence-corrected chi connectivity index (χ1v) is 6.46.